The van der Waals surface area contributed by atoms with E-state index in [0.717, 1.165) is 12.1 Å². The number of carbonyl (C=O) groups is 1. The van der Waals surface area contributed by atoms with E-state index in [1.54, 1.807) is 13.3 Å². The quantitative estimate of drug-likeness (QED) is 0.773. The maximum absolute atomic E-state index is 10.9. The van der Waals surface area contributed by atoms with Crippen LogP contribution in [0, 0.1) is 0 Å². The Bertz CT molecular complexity index is 296. The first kappa shape index (κ1) is 10.6. The van der Waals surface area contributed by atoms with Crippen LogP contribution in [0.4, 0.5) is 4.79 Å². The van der Waals surface area contributed by atoms with Crippen molar-refractivity contribution in [2.24, 2.45) is 7.05 Å². The Balaban J connectivity index is 2.18. The third kappa shape index (κ3) is 3.47. The van der Waals surface area contributed by atoms with Crippen molar-refractivity contribution < 1.29 is 9.53 Å². The predicted molar refractivity (Wildman–Crippen MR) is 51.9 cm³/mol. The van der Waals surface area contributed by atoms with Crippen LogP contribution in [0.25, 0.3) is 0 Å². The number of alkyl carbamates (subject to hydrolysis) is 1. The molecule has 1 N–H and O–H groups in total. The standard InChI is InChI=1S/C9H15N3O2/c1-3-14-9(13)10-5-4-8-6-12(2)7-11-8/h6-7H,3-5H2,1-2H3,(H,10,13). The summed E-state index contributed by atoms with van der Waals surface area (Å²) in [5.74, 6) is 0. The first-order valence-electron chi connectivity index (χ1n) is 4.60. The molecule has 0 saturated carbocycles. The van der Waals surface area contributed by atoms with Gasteiger partial charge in [0.05, 0.1) is 18.6 Å². The average molecular weight is 197 g/mol. The molecule has 0 aromatic carbocycles. The summed E-state index contributed by atoms with van der Waals surface area (Å²) in [5, 5.41) is 2.63. The first-order valence-corrected chi connectivity index (χ1v) is 4.60. The van der Waals surface area contributed by atoms with Gasteiger partial charge in [-0.05, 0) is 6.92 Å². The molecule has 1 aromatic rings. The topological polar surface area (TPSA) is 56.1 Å². The van der Waals surface area contributed by atoms with Crippen molar-refractivity contribution in [3.8, 4) is 0 Å². The molecule has 78 valence electrons. The van der Waals surface area contributed by atoms with E-state index in [4.69, 9.17) is 4.74 Å². The Labute approximate surface area is 83.1 Å². The van der Waals surface area contributed by atoms with E-state index < -0.39 is 0 Å². The van der Waals surface area contributed by atoms with Crippen LogP contribution in [0.5, 0.6) is 0 Å². The van der Waals surface area contributed by atoms with E-state index in [2.05, 4.69) is 10.3 Å². The molecule has 0 saturated heterocycles. The number of amides is 1. The van der Waals surface area contributed by atoms with Gasteiger partial charge in [-0.15, -0.1) is 0 Å². The summed E-state index contributed by atoms with van der Waals surface area (Å²) in [4.78, 5) is 15.0. The van der Waals surface area contributed by atoms with Crippen LogP contribution >= 0.6 is 0 Å². The number of aryl methyl sites for hydroxylation is 1. The van der Waals surface area contributed by atoms with Gasteiger partial charge in [0.25, 0.3) is 0 Å². The minimum absolute atomic E-state index is 0.372. The van der Waals surface area contributed by atoms with Crippen molar-refractivity contribution in [3.05, 3.63) is 18.2 Å². The van der Waals surface area contributed by atoms with Gasteiger partial charge in [-0.3, -0.25) is 0 Å². The third-order valence-corrected chi connectivity index (χ3v) is 1.68. The van der Waals surface area contributed by atoms with Crippen LogP contribution in [-0.2, 0) is 18.2 Å². The number of rotatable bonds is 4. The second kappa shape index (κ2) is 5.26. The summed E-state index contributed by atoms with van der Waals surface area (Å²) < 4.78 is 6.58. The fourth-order valence-electron chi connectivity index (χ4n) is 1.07. The van der Waals surface area contributed by atoms with Crippen molar-refractivity contribution in [1.29, 1.82) is 0 Å². The maximum atomic E-state index is 10.9. The number of imidazole rings is 1. The summed E-state index contributed by atoms with van der Waals surface area (Å²) >= 11 is 0. The molecule has 0 atom stereocenters. The lowest BCUT2D eigenvalue weighted by atomic mass is 10.3. The minimum atomic E-state index is -0.372. The van der Waals surface area contributed by atoms with Crippen molar-refractivity contribution >= 4 is 6.09 Å². The summed E-state index contributed by atoms with van der Waals surface area (Å²) in [6.45, 7) is 2.73. The molecule has 0 bridgehead atoms. The second-order valence-electron chi connectivity index (χ2n) is 2.93. The van der Waals surface area contributed by atoms with Crippen LogP contribution in [-0.4, -0.2) is 28.8 Å². The lowest BCUT2D eigenvalue weighted by Gasteiger charge is -2.02. The van der Waals surface area contributed by atoms with E-state index in [9.17, 15) is 4.79 Å². The fraction of sp³-hybridized carbons (Fsp3) is 0.556. The van der Waals surface area contributed by atoms with E-state index in [-0.39, 0.29) is 6.09 Å². The fourth-order valence-corrected chi connectivity index (χ4v) is 1.07. The zero-order valence-electron chi connectivity index (χ0n) is 8.49. The van der Waals surface area contributed by atoms with E-state index in [1.165, 1.54) is 0 Å². The van der Waals surface area contributed by atoms with Gasteiger partial charge in [0.1, 0.15) is 0 Å². The molecule has 14 heavy (non-hydrogen) atoms. The summed E-state index contributed by atoms with van der Waals surface area (Å²) in [6, 6.07) is 0. The van der Waals surface area contributed by atoms with Crippen molar-refractivity contribution in [3.63, 3.8) is 0 Å². The number of hydrogen-bond donors (Lipinski definition) is 1. The van der Waals surface area contributed by atoms with Gasteiger partial charge in [0, 0.05) is 26.2 Å². The highest BCUT2D eigenvalue weighted by atomic mass is 16.5. The van der Waals surface area contributed by atoms with E-state index in [1.807, 2.05) is 17.8 Å². The van der Waals surface area contributed by atoms with Crippen LogP contribution in [0.15, 0.2) is 12.5 Å². The molecule has 0 aliphatic heterocycles. The van der Waals surface area contributed by atoms with Crippen LogP contribution in [0.2, 0.25) is 0 Å². The van der Waals surface area contributed by atoms with Gasteiger partial charge >= 0.3 is 6.09 Å². The Morgan fingerprint density at radius 2 is 2.50 bits per heavy atom. The van der Waals surface area contributed by atoms with E-state index >= 15 is 0 Å². The Morgan fingerprint density at radius 3 is 3.07 bits per heavy atom. The molecule has 1 aromatic heterocycles. The Hall–Kier alpha value is -1.52. The van der Waals surface area contributed by atoms with Crippen molar-refractivity contribution in [2.45, 2.75) is 13.3 Å². The van der Waals surface area contributed by atoms with Gasteiger partial charge in [-0.2, -0.15) is 0 Å². The summed E-state index contributed by atoms with van der Waals surface area (Å²) in [5.41, 5.74) is 0.962. The predicted octanol–water partition coefficient (Wildman–Crippen LogP) is 0.709. The monoisotopic (exact) mass is 197 g/mol. The summed E-state index contributed by atoms with van der Waals surface area (Å²) in [6.07, 6.45) is 4.01. The highest BCUT2D eigenvalue weighted by Gasteiger charge is 2.00. The molecule has 1 amide bonds. The van der Waals surface area contributed by atoms with Crippen LogP contribution in [0.3, 0.4) is 0 Å². The largest absolute Gasteiger partial charge is 0.450 e. The highest BCUT2D eigenvalue weighted by molar-refractivity contribution is 5.66. The Morgan fingerprint density at radius 1 is 1.71 bits per heavy atom. The molecule has 1 heterocycles. The molecule has 0 spiro atoms. The lowest BCUT2D eigenvalue weighted by molar-refractivity contribution is 0.152. The lowest BCUT2D eigenvalue weighted by Crippen LogP contribution is -2.26. The summed E-state index contributed by atoms with van der Waals surface area (Å²) in [7, 11) is 1.91. The van der Waals surface area contributed by atoms with Crippen LogP contribution in [0.1, 0.15) is 12.6 Å². The number of aromatic nitrogens is 2. The molecular formula is C9H15N3O2. The molecule has 0 fully saturated rings. The normalized spacial score (nSPS) is 9.86. The number of nitrogens with zero attached hydrogens (tertiary/aromatic N) is 2. The number of carbonyl (C=O) groups excluding carboxylic acids is 1. The second-order valence-corrected chi connectivity index (χ2v) is 2.93. The van der Waals surface area contributed by atoms with Crippen molar-refractivity contribution in [1.82, 2.24) is 14.9 Å². The molecule has 0 aliphatic rings. The Kier molecular flexibility index (Phi) is 3.97. The molecule has 0 unspecified atom stereocenters. The number of ether oxygens (including phenoxy) is 1. The minimum Gasteiger partial charge on any atom is -0.450 e. The van der Waals surface area contributed by atoms with Crippen LogP contribution < -0.4 is 5.32 Å². The zero-order chi connectivity index (χ0) is 10.4. The smallest absolute Gasteiger partial charge is 0.407 e. The molecule has 0 aliphatic carbocycles. The van der Waals surface area contributed by atoms with Gasteiger partial charge in [-0.25, -0.2) is 9.78 Å². The number of hydrogen-bond acceptors (Lipinski definition) is 3. The van der Waals surface area contributed by atoms with E-state index in [0.29, 0.717) is 13.2 Å². The molecule has 0 radical (unpaired) electrons. The average Bonchev–Trinajstić information content (AvgIpc) is 2.52. The molecule has 5 heteroatoms. The molecule has 5 nitrogen and oxygen atoms in total. The molecule has 1 rings (SSSR count). The number of nitrogens with one attached hydrogen (secondary N) is 1. The third-order valence-electron chi connectivity index (χ3n) is 1.68. The molecular weight excluding hydrogens is 182 g/mol. The maximum Gasteiger partial charge on any atom is 0.407 e. The zero-order valence-corrected chi connectivity index (χ0v) is 8.49. The van der Waals surface area contributed by atoms with Gasteiger partial charge in [-0.1, -0.05) is 0 Å². The highest BCUT2D eigenvalue weighted by Crippen LogP contribution is 1.93. The van der Waals surface area contributed by atoms with Crippen molar-refractivity contribution in [2.75, 3.05) is 13.2 Å². The first-order chi connectivity index (χ1) is 6.72. The van der Waals surface area contributed by atoms with Gasteiger partial charge < -0.3 is 14.6 Å². The van der Waals surface area contributed by atoms with Gasteiger partial charge in [0.15, 0.2) is 0 Å². The SMILES string of the molecule is CCOC(=O)NCCc1cn(C)cn1. The van der Waals surface area contributed by atoms with Gasteiger partial charge in [0.2, 0.25) is 0 Å².